The van der Waals surface area contributed by atoms with Gasteiger partial charge in [-0.3, -0.25) is 10.1 Å². The van der Waals surface area contributed by atoms with Crippen molar-refractivity contribution in [2.75, 3.05) is 0 Å². The molecule has 0 amide bonds. The Bertz CT molecular complexity index is 362. The fourth-order valence-electron chi connectivity index (χ4n) is 2.21. The minimum Gasteiger partial charge on any atom is -0.480 e. The van der Waals surface area contributed by atoms with E-state index in [1.54, 1.807) is 12.5 Å². The molecule has 0 saturated carbocycles. The van der Waals surface area contributed by atoms with Crippen LogP contribution < -0.4 is 5.32 Å². The number of hydrogen-bond donors (Lipinski definition) is 2. The molecule has 1 rings (SSSR count). The summed E-state index contributed by atoms with van der Waals surface area (Å²) in [4.78, 5) is 15.5. The number of aryl methyl sites for hydroxylation is 1. The summed E-state index contributed by atoms with van der Waals surface area (Å²) in [5.74, 6) is -0.760. The number of imidazole rings is 1. The van der Waals surface area contributed by atoms with Crippen molar-refractivity contribution in [2.45, 2.75) is 58.2 Å². The van der Waals surface area contributed by atoms with E-state index < -0.39 is 11.5 Å². The monoisotopic (exact) mass is 253 g/mol. The van der Waals surface area contributed by atoms with Crippen LogP contribution in [0, 0.1) is 0 Å². The van der Waals surface area contributed by atoms with Crippen molar-refractivity contribution in [1.82, 2.24) is 14.9 Å². The lowest BCUT2D eigenvalue weighted by Crippen LogP contribution is -2.54. The van der Waals surface area contributed by atoms with E-state index in [1.807, 2.05) is 31.5 Å². The molecule has 1 aromatic rings. The zero-order chi connectivity index (χ0) is 13.6. The van der Waals surface area contributed by atoms with Gasteiger partial charge in [0.1, 0.15) is 5.54 Å². The first-order valence-corrected chi connectivity index (χ1v) is 6.47. The first kappa shape index (κ1) is 14.7. The Labute approximate surface area is 108 Å². The average Bonchev–Trinajstić information content (AvgIpc) is 2.79. The number of rotatable bonds is 8. The molecule has 0 aromatic carbocycles. The minimum atomic E-state index is -0.811. The van der Waals surface area contributed by atoms with Crippen LogP contribution in [-0.4, -0.2) is 32.2 Å². The van der Waals surface area contributed by atoms with Crippen LogP contribution in [0.4, 0.5) is 0 Å². The van der Waals surface area contributed by atoms with E-state index in [0.29, 0.717) is 12.8 Å². The Morgan fingerprint density at radius 2 is 2.28 bits per heavy atom. The molecule has 0 radical (unpaired) electrons. The van der Waals surface area contributed by atoms with Gasteiger partial charge in [0.2, 0.25) is 0 Å². The van der Waals surface area contributed by atoms with Crippen LogP contribution in [0.1, 0.15) is 40.0 Å². The summed E-state index contributed by atoms with van der Waals surface area (Å²) in [7, 11) is 0. The highest BCUT2D eigenvalue weighted by atomic mass is 16.4. The lowest BCUT2D eigenvalue weighted by molar-refractivity contribution is -0.145. The standard InChI is InChI=1S/C13H23N3O2/c1-4-13(12(17)18,15-11(2)3)6-5-8-16-9-7-14-10-16/h7,9-11,15H,4-6,8H2,1-3H3,(H,17,18). The minimum absolute atomic E-state index is 0.161. The van der Waals surface area contributed by atoms with Gasteiger partial charge >= 0.3 is 5.97 Å². The molecule has 5 heteroatoms. The second kappa shape index (κ2) is 6.54. The zero-order valence-corrected chi connectivity index (χ0v) is 11.4. The summed E-state index contributed by atoms with van der Waals surface area (Å²) in [5, 5.41) is 12.6. The highest BCUT2D eigenvalue weighted by Crippen LogP contribution is 2.19. The zero-order valence-electron chi connectivity index (χ0n) is 11.4. The molecular formula is C13H23N3O2. The third-order valence-corrected chi connectivity index (χ3v) is 3.16. The molecule has 2 N–H and O–H groups in total. The molecule has 0 bridgehead atoms. The van der Waals surface area contributed by atoms with E-state index in [9.17, 15) is 9.90 Å². The molecule has 0 saturated heterocycles. The molecule has 18 heavy (non-hydrogen) atoms. The Balaban J connectivity index is 2.58. The van der Waals surface area contributed by atoms with Crippen molar-refractivity contribution >= 4 is 5.97 Å². The van der Waals surface area contributed by atoms with Crippen molar-refractivity contribution in [2.24, 2.45) is 0 Å². The smallest absolute Gasteiger partial charge is 0.323 e. The molecule has 102 valence electrons. The van der Waals surface area contributed by atoms with E-state index in [0.717, 1.165) is 13.0 Å². The molecule has 0 aliphatic carbocycles. The lowest BCUT2D eigenvalue weighted by atomic mass is 9.89. The predicted octanol–water partition coefficient (Wildman–Crippen LogP) is 1.89. The summed E-state index contributed by atoms with van der Waals surface area (Å²) < 4.78 is 1.97. The van der Waals surface area contributed by atoms with Gasteiger partial charge in [-0.15, -0.1) is 0 Å². The van der Waals surface area contributed by atoms with Crippen molar-refractivity contribution in [1.29, 1.82) is 0 Å². The van der Waals surface area contributed by atoms with Gasteiger partial charge in [-0.05, 0) is 33.1 Å². The number of hydrogen-bond acceptors (Lipinski definition) is 3. The molecule has 0 spiro atoms. The van der Waals surface area contributed by atoms with E-state index in [2.05, 4.69) is 10.3 Å². The molecule has 1 unspecified atom stereocenters. The fourth-order valence-corrected chi connectivity index (χ4v) is 2.21. The largest absolute Gasteiger partial charge is 0.480 e. The highest BCUT2D eigenvalue weighted by Gasteiger charge is 2.36. The SMILES string of the molecule is CCC(CCCn1ccnc1)(NC(C)C)C(=O)O. The van der Waals surface area contributed by atoms with E-state index >= 15 is 0 Å². The van der Waals surface area contributed by atoms with Crippen LogP contribution in [0.3, 0.4) is 0 Å². The van der Waals surface area contributed by atoms with Gasteiger partial charge in [0.15, 0.2) is 0 Å². The van der Waals surface area contributed by atoms with Gasteiger partial charge in [0.05, 0.1) is 6.33 Å². The third-order valence-electron chi connectivity index (χ3n) is 3.16. The number of nitrogens with one attached hydrogen (secondary N) is 1. The van der Waals surface area contributed by atoms with Crippen LogP contribution in [0.5, 0.6) is 0 Å². The predicted molar refractivity (Wildman–Crippen MR) is 70.4 cm³/mol. The first-order chi connectivity index (χ1) is 8.50. The Morgan fingerprint density at radius 3 is 2.72 bits per heavy atom. The molecule has 5 nitrogen and oxygen atoms in total. The summed E-state index contributed by atoms with van der Waals surface area (Å²) >= 11 is 0. The third kappa shape index (κ3) is 3.84. The van der Waals surface area contributed by atoms with Crippen LogP contribution in [0.15, 0.2) is 18.7 Å². The number of aromatic nitrogens is 2. The van der Waals surface area contributed by atoms with Gasteiger partial charge in [-0.25, -0.2) is 4.98 Å². The number of carbonyl (C=O) groups is 1. The first-order valence-electron chi connectivity index (χ1n) is 6.47. The van der Waals surface area contributed by atoms with Crippen molar-refractivity contribution in [3.63, 3.8) is 0 Å². The molecular weight excluding hydrogens is 230 g/mol. The quantitative estimate of drug-likeness (QED) is 0.742. The summed E-state index contributed by atoms with van der Waals surface area (Å²) in [6.45, 7) is 6.67. The van der Waals surface area contributed by atoms with Crippen LogP contribution in [-0.2, 0) is 11.3 Å². The lowest BCUT2D eigenvalue weighted by Gasteiger charge is -2.31. The molecule has 1 heterocycles. The van der Waals surface area contributed by atoms with Gasteiger partial charge < -0.3 is 9.67 Å². The van der Waals surface area contributed by atoms with E-state index in [1.165, 1.54) is 0 Å². The van der Waals surface area contributed by atoms with Gasteiger partial charge in [-0.2, -0.15) is 0 Å². The van der Waals surface area contributed by atoms with Crippen molar-refractivity contribution < 1.29 is 9.90 Å². The van der Waals surface area contributed by atoms with E-state index in [4.69, 9.17) is 0 Å². The van der Waals surface area contributed by atoms with E-state index in [-0.39, 0.29) is 6.04 Å². The summed E-state index contributed by atoms with van der Waals surface area (Å²) in [5.41, 5.74) is -0.811. The molecule has 0 fully saturated rings. The fraction of sp³-hybridized carbons (Fsp3) is 0.692. The maximum absolute atomic E-state index is 11.5. The second-order valence-electron chi connectivity index (χ2n) is 4.94. The maximum Gasteiger partial charge on any atom is 0.323 e. The number of carboxylic acid groups (broad SMARTS) is 1. The second-order valence-corrected chi connectivity index (χ2v) is 4.94. The number of carboxylic acids is 1. The van der Waals surface area contributed by atoms with Crippen LogP contribution in [0.2, 0.25) is 0 Å². The molecule has 1 aromatic heterocycles. The van der Waals surface area contributed by atoms with Gasteiger partial charge in [-0.1, -0.05) is 6.92 Å². The normalized spacial score (nSPS) is 14.7. The maximum atomic E-state index is 11.5. The summed E-state index contributed by atoms with van der Waals surface area (Å²) in [6.07, 6.45) is 7.40. The number of nitrogens with zero attached hydrogens (tertiary/aromatic N) is 2. The molecule has 1 atom stereocenters. The Hall–Kier alpha value is -1.36. The van der Waals surface area contributed by atoms with Gasteiger partial charge in [0.25, 0.3) is 0 Å². The summed E-state index contributed by atoms with van der Waals surface area (Å²) in [6, 6.07) is 0.161. The Morgan fingerprint density at radius 1 is 1.56 bits per heavy atom. The average molecular weight is 253 g/mol. The van der Waals surface area contributed by atoms with Crippen LogP contribution in [0.25, 0.3) is 0 Å². The Kier molecular flexibility index (Phi) is 5.34. The van der Waals surface area contributed by atoms with Crippen molar-refractivity contribution in [3.05, 3.63) is 18.7 Å². The highest BCUT2D eigenvalue weighted by molar-refractivity contribution is 5.78. The number of aliphatic carboxylic acids is 1. The molecule has 0 aliphatic heterocycles. The van der Waals surface area contributed by atoms with Crippen LogP contribution >= 0.6 is 0 Å². The molecule has 0 aliphatic rings. The van der Waals surface area contributed by atoms with Crippen molar-refractivity contribution in [3.8, 4) is 0 Å². The van der Waals surface area contributed by atoms with Gasteiger partial charge in [0, 0.05) is 25.0 Å². The topological polar surface area (TPSA) is 67.2 Å².